The molecule has 12 heavy (non-hydrogen) atoms. The molecular formula is C8H9O3P. The Labute approximate surface area is 71.5 Å². The zero-order valence-corrected chi connectivity index (χ0v) is 7.24. The fourth-order valence-corrected chi connectivity index (χ4v) is 1.77. The topological polar surface area (TPSA) is 57.5 Å². The van der Waals surface area contributed by atoms with Crippen molar-refractivity contribution in [2.45, 2.75) is 0 Å². The molecule has 0 aromatic heterocycles. The molecule has 0 spiro atoms. The average molecular weight is 184 g/mol. The second-order valence-corrected chi connectivity index (χ2v) is 3.92. The number of carboxylic acids is 1. The third kappa shape index (κ3) is 2.61. The molecule has 0 aliphatic heterocycles. The summed E-state index contributed by atoms with van der Waals surface area (Å²) in [6, 6.07) is 8.85. The highest BCUT2D eigenvalue weighted by Crippen LogP contribution is 2.27. The SMILES string of the molecule is O=C(O)CP(O)c1ccccc1. The first-order valence-electron chi connectivity index (χ1n) is 3.43. The van der Waals surface area contributed by atoms with Gasteiger partial charge in [-0.25, -0.2) is 0 Å². The minimum atomic E-state index is -1.51. The first-order chi connectivity index (χ1) is 5.70. The maximum absolute atomic E-state index is 10.2. The summed E-state index contributed by atoms with van der Waals surface area (Å²) in [6.45, 7) is 0. The maximum Gasteiger partial charge on any atom is 0.310 e. The van der Waals surface area contributed by atoms with Crippen molar-refractivity contribution in [1.82, 2.24) is 0 Å². The van der Waals surface area contributed by atoms with Gasteiger partial charge >= 0.3 is 5.97 Å². The number of carboxylic acid groups (broad SMARTS) is 1. The standard InChI is InChI=1S/C8H9O3P/c9-8(10)6-12(11)7-4-2-1-3-5-7/h1-5,11H,6H2,(H,9,10). The van der Waals surface area contributed by atoms with Gasteiger partial charge in [-0.15, -0.1) is 0 Å². The summed E-state index contributed by atoms with van der Waals surface area (Å²) in [5.41, 5.74) is 0. The normalized spacial score (nSPS) is 12.4. The van der Waals surface area contributed by atoms with Crippen molar-refractivity contribution in [2.24, 2.45) is 0 Å². The van der Waals surface area contributed by atoms with Gasteiger partial charge in [-0.05, 0) is 0 Å². The largest absolute Gasteiger partial charge is 0.481 e. The highest BCUT2D eigenvalue weighted by atomic mass is 31.1. The lowest BCUT2D eigenvalue weighted by Crippen LogP contribution is -2.08. The van der Waals surface area contributed by atoms with Gasteiger partial charge in [-0.3, -0.25) is 4.79 Å². The molecule has 2 N–H and O–H groups in total. The van der Waals surface area contributed by atoms with E-state index in [1.807, 2.05) is 6.07 Å². The first kappa shape index (κ1) is 9.17. The number of hydrogen-bond donors (Lipinski definition) is 2. The summed E-state index contributed by atoms with van der Waals surface area (Å²) in [5, 5.41) is 9.11. The summed E-state index contributed by atoms with van der Waals surface area (Å²) in [4.78, 5) is 19.6. The molecule has 0 fully saturated rings. The molecular weight excluding hydrogens is 175 g/mol. The van der Waals surface area contributed by atoms with E-state index >= 15 is 0 Å². The molecule has 64 valence electrons. The van der Waals surface area contributed by atoms with E-state index in [1.165, 1.54) is 0 Å². The predicted molar refractivity (Wildman–Crippen MR) is 47.7 cm³/mol. The van der Waals surface area contributed by atoms with Crippen molar-refractivity contribution >= 4 is 19.4 Å². The van der Waals surface area contributed by atoms with Gasteiger partial charge < -0.3 is 10.00 Å². The zero-order valence-electron chi connectivity index (χ0n) is 6.34. The van der Waals surface area contributed by atoms with Crippen LogP contribution in [-0.2, 0) is 4.79 Å². The monoisotopic (exact) mass is 184 g/mol. The molecule has 1 aromatic carbocycles. The van der Waals surface area contributed by atoms with E-state index in [4.69, 9.17) is 5.11 Å². The van der Waals surface area contributed by atoms with Crippen LogP contribution in [0.15, 0.2) is 30.3 Å². The first-order valence-corrected chi connectivity index (χ1v) is 4.91. The van der Waals surface area contributed by atoms with Gasteiger partial charge in [0.2, 0.25) is 0 Å². The minimum Gasteiger partial charge on any atom is -0.481 e. The van der Waals surface area contributed by atoms with Crippen molar-refractivity contribution in [3.63, 3.8) is 0 Å². The fourth-order valence-electron chi connectivity index (χ4n) is 0.819. The molecule has 3 nitrogen and oxygen atoms in total. The number of aliphatic carboxylic acids is 1. The number of hydrogen-bond acceptors (Lipinski definition) is 2. The number of rotatable bonds is 3. The van der Waals surface area contributed by atoms with Crippen LogP contribution in [0.25, 0.3) is 0 Å². The predicted octanol–water partition coefficient (Wildman–Crippen LogP) is 0.786. The Morgan fingerprint density at radius 2 is 1.92 bits per heavy atom. The molecule has 0 amide bonds. The Balaban J connectivity index is 2.65. The lowest BCUT2D eigenvalue weighted by Gasteiger charge is -2.06. The van der Waals surface area contributed by atoms with Gasteiger partial charge in [-0.2, -0.15) is 0 Å². The molecule has 1 unspecified atom stereocenters. The molecule has 1 atom stereocenters. The van der Waals surface area contributed by atoms with Crippen LogP contribution >= 0.6 is 8.15 Å². The Bertz CT molecular complexity index is 260. The molecule has 4 heteroatoms. The molecule has 0 radical (unpaired) electrons. The van der Waals surface area contributed by atoms with Crippen LogP contribution in [0.4, 0.5) is 0 Å². The Hall–Kier alpha value is -0.920. The van der Waals surface area contributed by atoms with Crippen molar-refractivity contribution in [3.8, 4) is 0 Å². The molecule has 1 aromatic rings. The van der Waals surface area contributed by atoms with Crippen molar-refractivity contribution in [1.29, 1.82) is 0 Å². The summed E-state index contributed by atoms with van der Waals surface area (Å²) >= 11 is 0. The lowest BCUT2D eigenvalue weighted by molar-refractivity contribution is -0.134. The van der Waals surface area contributed by atoms with Crippen LogP contribution in [0.2, 0.25) is 0 Å². The average Bonchev–Trinajstić information content (AvgIpc) is 2.05. The van der Waals surface area contributed by atoms with Gasteiger partial charge in [0.05, 0.1) is 14.3 Å². The summed E-state index contributed by atoms with van der Waals surface area (Å²) in [6.07, 6.45) is -0.181. The van der Waals surface area contributed by atoms with Crippen LogP contribution in [0.3, 0.4) is 0 Å². The fraction of sp³-hybridized carbons (Fsp3) is 0.125. The molecule has 0 aliphatic carbocycles. The second kappa shape index (κ2) is 4.19. The number of benzene rings is 1. The summed E-state index contributed by atoms with van der Waals surface area (Å²) in [7, 11) is -1.51. The van der Waals surface area contributed by atoms with E-state index in [0.717, 1.165) is 0 Å². The van der Waals surface area contributed by atoms with E-state index in [-0.39, 0.29) is 6.16 Å². The van der Waals surface area contributed by atoms with E-state index in [9.17, 15) is 9.69 Å². The second-order valence-electron chi connectivity index (χ2n) is 2.29. The third-order valence-electron chi connectivity index (χ3n) is 1.34. The van der Waals surface area contributed by atoms with Crippen LogP contribution in [0.1, 0.15) is 0 Å². The zero-order chi connectivity index (χ0) is 8.97. The van der Waals surface area contributed by atoms with E-state index in [1.54, 1.807) is 24.3 Å². The summed E-state index contributed by atoms with van der Waals surface area (Å²) in [5.74, 6) is -0.965. The Morgan fingerprint density at radius 1 is 1.33 bits per heavy atom. The summed E-state index contributed by atoms with van der Waals surface area (Å²) < 4.78 is 0. The van der Waals surface area contributed by atoms with E-state index < -0.39 is 14.1 Å². The Morgan fingerprint density at radius 3 is 2.42 bits per heavy atom. The minimum absolute atomic E-state index is 0.181. The van der Waals surface area contributed by atoms with Crippen molar-refractivity contribution in [3.05, 3.63) is 30.3 Å². The molecule has 0 heterocycles. The molecule has 0 aliphatic rings. The maximum atomic E-state index is 10.2. The van der Waals surface area contributed by atoms with Gasteiger partial charge in [0.1, 0.15) is 0 Å². The van der Waals surface area contributed by atoms with Crippen LogP contribution < -0.4 is 5.30 Å². The molecule has 0 bridgehead atoms. The van der Waals surface area contributed by atoms with Crippen molar-refractivity contribution in [2.75, 3.05) is 6.16 Å². The quantitative estimate of drug-likeness (QED) is 0.682. The molecule has 0 saturated carbocycles. The number of carbonyl (C=O) groups is 1. The van der Waals surface area contributed by atoms with Gasteiger partial charge in [0.15, 0.2) is 0 Å². The molecule has 0 saturated heterocycles. The van der Waals surface area contributed by atoms with E-state index in [2.05, 4.69) is 0 Å². The van der Waals surface area contributed by atoms with Crippen LogP contribution in [0, 0.1) is 0 Å². The smallest absolute Gasteiger partial charge is 0.310 e. The van der Waals surface area contributed by atoms with Crippen LogP contribution in [-0.4, -0.2) is 22.1 Å². The lowest BCUT2D eigenvalue weighted by atomic mass is 10.4. The van der Waals surface area contributed by atoms with Gasteiger partial charge in [0, 0.05) is 5.30 Å². The molecule has 1 rings (SSSR count). The van der Waals surface area contributed by atoms with E-state index in [0.29, 0.717) is 5.30 Å². The van der Waals surface area contributed by atoms with Gasteiger partial charge in [-0.1, -0.05) is 30.3 Å². The van der Waals surface area contributed by atoms with Gasteiger partial charge in [0.25, 0.3) is 0 Å². The highest BCUT2D eigenvalue weighted by Gasteiger charge is 2.10. The Kier molecular flexibility index (Phi) is 3.20. The van der Waals surface area contributed by atoms with Crippen LogP contribution in [0.5, 0.6) is 0 Å². The highest BCUT2D eigenvalue weighted by molar-refractivity contribution is 7.60. The third-order valence-corrected chi connectivity index (χ3v) is 2.80. The van der Waals surface area contributed by atoms with Crippen molar-refractivity contribution < 1.29 is 14.8 Å².